The monoisotopic (exact) mass is 452 g/mol. The first-order valence-corrected chi connectivity index (χ1v) is 10.5. The highest BCUT2D eigenvalue weighted by Crippen LogP contribution is 2.30. The Bertz CT molecular complexity index is 1410. The van der Waals surface area contributed by atoms with Crippen molar-refractivity contribution in [3.8, 4) is 0 Å². The van der Waals surface area contributed by atoms with Crippen molar-refractivity contribution < 1.29 is 14.1 Å². The number of non-ortho nitro benzene ring substituents is 1. The van der Waals surface area contributed by atoms with Crippen LogP contribution in [0.25, 0.3) is 21.2 Å². The molecule has 1 aliphatic heterocycles. The summed E-state index contributed by atoms with van der Waals surface area (Å²) in [6.45, 7) is 2.73. The molecule has 1 aromatic carbocycles. The molecule has 32 heavy (non-hydrogen) atoms. The zero-order valence-corrected chi connectivity index (χ0v) is 17.4. The smallest absolute Gasteiger partial charge is 0.270 e. The van der Waals surface area contributed by atoms with Crippen LogP contribution < -0.4 is 15.8 Å². The molecule has 0 saturated carbocycles. The first kappa shape index (κ1) is 20.0. The molecule has 1 saturated heterocycles. The molecule has 12 heteroatoms. The molecular weight excluding hydrogens is 436 g/mol. The quantitative estimate of drug-likeness (QED) is 0.275. The van der Waals surface area contributed by atoms with Gasteiger partial charge in [-0.25, -0.2) is 10.4 Å². The second kappa shape index (κ2) is 8.32. The summed E-state index contributed by atoms with van der Waals surface area (Å²) in [7, 11) is 0. The maximum Gasteiger partial charge on any atom is 0.270 e. The lowest BCUT2D eigenvalue weighted by Gasteiger charge is -2.28. The SMILES string of the molecule is O=c1c(/C=N/Nc2nc(N3CCOCC3)c3sccc3n2)coc2ccc([N+](=O)[O-])cc12. The number of hydrogen-bond acceptors (Lipinski definition) is 11. The molecule has 3 aromatic heterocycles. The van der Waals surface area contributed by atoms with E-state index >= 15 is 0 Å². The molecule has 1 fully saturated rings. The average molecular weight is 452 g/mol. The Morgan fingerprint density at radius 2 is 2.09 bits per heavy atom. The summed E-state index contributed by atoms with van der Waals surface area (Å²) < 4.78 is 11.8. The van der Waals surface area contributed by atoms with Gasteiger partial charge in [0.15, 0.2) is 5.82 Å². The molecule has 4 heterocycles. The van der Waals surface area contributed by atoms with E-state index in [0.29, 0.717) is 13.2 Å². The fourth-order valence-electron chi connectivity index (χ4n) is 3.38. The van der Waals surface area contributed by atoms with Crippen molar-refractivity contribution in [2.45, 2.75) is 0 Å². The van der Waals surface area contributed by atoms with Crippen LogP contribution in [0.4, 0.5) is 17.5 Å². The second-order valence-corrected chi connectivity index (χ2v) is 7.85. The number of nitrogens with one attached hydrogen (secondary N) is 1. The highest BCUT2D eigenvalue weighted by molar-refractivity contribution is 7.17. The number of nitro groups is 1. The predicted octanol–water partition coefficient (Wildman–Crippen LogP) is 2.99. The Morgan fingerprint density at radius 1 is 1.25 bits per heavy atom. The number of anilines is 2. The summed E-state index contributed by atoms with van der Waals surface area (Å²) in [5, 5.41) is 17.1. The van der Waals surface area contributed by atoms with Gasteiger partial charge in [0.1, 0.15) is 11.8 Å². The largest absolute Gasteiger partial charge is 0.463 e. The third-order valence-corrected chi connectivity index (χ3v) is 5.86. The molecule has 5 rings (SSSR count). The third-order valence-electron chi connectivity index (χ3n) is 4.96. The number of thiophene rings is 1. The van der Waals surface area contributed by atoms with Crippen molar-refractivity contribution in [3.63, 3.8) is 0 Å². The van der Waals surface area contributed by atoms with Crippen molar-refractivity contribution in [1.82, 2.24) is 9.97 Å². The van der Waals surface area contributed by atoms with E-state index in [2.05, 4.69) is 25.4 Å². The third kappa shape index (κ3) is 3.76. The molecule has 1 N–H and O–H groups in total. The molecule has 0 unspecified atom stereocenters. The van der Waals surface area contributed by atoms with Crippen molar-refractivity contribution in [2.24, 2.45) is 5.10 Å². The molecule has 0 bridgehead atoms. The van der Waals surface area contributed by atoms with Crippen molar-refractivity contribution in [2.75, 3.05) is 36.6 Å². The maximum absolute atomic E-state index is 12.7. The normalized spacial score (nSPS) is 14.4. The van der Waals surface area contributed by atoms with E-state index in [0.717, 1.165) is 29.1 Å². The van der Waals surface area contributed by atoms with Gasteiger partial charge in [0.2, 0.25) is 11.4 Å². The average Bonchev–Trinajstić information content (AvgIpc) is 3.29. The van der Waals surface area contributed by atoms with Crippen LogP contribution in [-0.4, -0.2) is 47.4 Å². The van der Waals surface area contributed by atoms with E-state index in [1.165, 1.54) is 30.7 Å². The minimum absolute atomic E-state index is 0.105. The lowest BCUT2D eigenvalue weighted by atomic mass is 10.1. The first-order chi connectivity index (χ1) is 15.6. The van der Waals surface area contributed by atoms with Crippen LogP contribution in [0.1, 0.15) is 5.56 Å². The van der Waals surface area contributed by atoms with Gasteiger partial charge in [0, 0.05) is 25.2 Å². The molecule has 162 valence electrons. The molecule has 1 aliphatic rings. The molecule has 0 spiro atoms. The molecular formula is C20H16N6O5S. The Labute approximate surface area is 184 Å². The molecule has 4 aromatic rings. The zero-order valence-electron chi connectivity index (χ0n) is 16.6. The van der Waals surface area contributed by atoms with Crippen LogP contribution in [0.3, 0.4) is 0 Å². The topological polar surface area (TPSA) is 136 Å². The van der Waals surface area contributed by atoms with Crippen LogP contribution in [-0.2, 0) is 4.74 Å². The van der Waals surface area contributed by atoms with Crippen LogP contribution >= 0.6 is 11.3 Å². The summed E-state index contributed by atoms with van der Waals surface area (Å²) in [5.74, 6) is 1.10. The van der Waals surface area contributed by atoms with Gasteiger partial charge < -0.3 is 14.1 Å². The lowest BCUT2D eigenvalue weighted by molar-refractivity contribution is -0.384. The minimum Gasteiger partial charge on any atom is -0.463 e. The first-order valence-electron chi connectivity index (χ1n) is 9.67. The summed E-state index contributed by atoms with van der Waals surface area (Å²) in [6, 6.07) is 5.77. The number of nitrogens with zero attached hydrogens (tertiary/aromatic N) is 5. The minimum atomic E-state index is -0.564. The van der Waals surface area contributed by atoms with E-state index in [4.69, 9.17) is 9.15 Å². The molecule has 11 nitrogen and oxygen atoms in total. The highest BCUT2D eigenvalue weighted by atomic mass is 32.1. The number of ether oxygens (including phenoxy) is 1. The van der Waals surface area contributed by atoms with Gasteiger partial charge in [-0.3, -0.25) is 14.9 Å². The summed E-state index contributed by atoms with van der Waals surface area (Å²) in [6.07, 6.45) is 2.53. The van der Waals surface area contributed by atoms with Gasteiger partial charge in [-0.05, 0) is 17.5 Å². The maximum atomic E-state index is 12.7. The number of morpholine rings is 1. The number of fused-ring (bicyclic) bond motifs is 2. The van der Waals surface area contributed by atoms with Gasteiger partial charge in [0.25, 0.3) is 5.69 Å². The molecule has 0 radical (unpaired) electrons. The van der Waals surface area contributed by atoms with Gasteiger partial charge >= 0.3 is 0 Å². The fraction of sp³-hybridized carbons (Fsp3) is 0.200. The number of aromatic nitrogens is 2. The standard InChI is InChI=1S/C20H16N6O5S/c27-17-12(11-31-16-2-1-13(26(28)29)9-14(16)17)10-21-24-20-22-15-3-8-32-18(15)19(23-20)25-4-6-30-7-5-25/h1-3,8-11H,4-7H2,(H,22,23,24)/b21-10+. The van der Waals surface area contributed by atoms with Gasteiger partial charge in [-0.2, -0.15) is 10.1 Å². The fourth-order valence-corrected chi connectivity index (χ4v) is 4.23. The number of hydrazone groups is 1. The number of benzene rings is 1. The Morgan fingerprint density at radius 3 is 2.91 bits per heavy atom. The molecule has 0 atom stereocenters. The van der Waals surface area contributed by atoms with E-state index in [-0.39, 0.29) is 28.2 Å². The zero-order chi connectivity index (χ0) is 22.1. The second-order valence-electron chi connectivity index (χ2n) is 6.93. The van der Waals surface area contributed by atoms with Gasteiger partial charge in [-0.1, -0.05) is 0 Å². The van der Waals surface area contributed by atoms with E-state index in [1.807, 2.05) is 11.4 Å². The number of nitro benzene ring substituents is 1. The Kier molecular flexibility index (Phi) is 5.21. The highest BCUT2D eigenvalue weighted by Gasteiger charge is 2.18. The van der Waals surface area contributed by atoms with Crippen LogP contribution in [0.2, 0.25) is 0 Å². The van der Waals surface area contributed by atoms with Gasteiger partial charge in [-0.15, -0.1) is 11.3 Å². The van der Waals surface area contributed by atoms with E-state index < -0.39 is 10.4 Å². The molecule has 0 amide bonds. The summed E-state index contributed by atoms with van der Waals surface area (Å²) >= 11 is 1.57. The van der Waals surface area contributed by atoms with Crippen molar-refractivity contribution in [1.29, 1.82) is 0 Å². The van der Waals surface area contributed by atoms with Crippen molar-refractivity contribution >= 4 is 56.2 Å². The van der Waals surface area contributed by atoms with E-state index in [9.17, 15) is 14.9 Å². The van der Waals surface area contributed by atoms with Crippen LogP contribution in [0.5, 0.6) is 0 Å². The number of rotatable bonds is 5. The summed E-state index contributed by atoms with van der Waals surface area (Å²) in [4.78, 5) is 34.3. The van der Waals surface area contributed by atoms with Gasteiger partial charge in [0.05, 0.1) is 45.5 Å². The van der Waals surface area contributed by atoms with E-state index in [1.54, 1.807) is 11.3 Å². The van der Waals surface area contributed by atoms with Crippen LogP contribution in [0, 0.1) is 10.1 Å². The van der Waals surface area contributed by atoms with Crippen molar-refractivity contribution in [3.05, 3.63) is 61.8 Å². The molecule has 0 aliphatic carbocycles. The Balaban J connectivity index is 1.43. The van der Waals surface area contributed by atoms with Crippen LogP contribution in [0.15, 0.2) is 50.2 Å². The Hall–Kier alpha value is -3.90. The predicted molar refractivity (Wildman–Crippen MR) is 121 cm³/mol. The summed E-state index contributed by atoms with van der Waals surface area (Å²) in [5.41, 5.74) is 3.33. The lowest BCUT2D eigenvalue weighted by Crippen LogP contribution is -2.36. The number of hydrogen-bond donors (Lipinski definition) is 1.